The number of rotatable bonds is 5. The number of ether oxygens (including phenoxy) is 1. The van der Waals surface area contributed by atoms with Crippen molar-refractivity contribution in [1.82, 2.24) is 16.0 Å². The number of hydrogen-bond acceptors (Lipinski definition) is 3. The molecule has 17 heavy (non-hydrogen) atoms. The normalized spacial score (nSPS) is 21.9. The first-order valence-electron chi connectivity index (χ1n) is 6.71. The molecule has 2 aliphatic rings. The van der Waals surface area contributed by atoms with E-state index in [0.717, 1.165) is 38.8 Å². The molecule has 1 aliphatic heterocycles. The minimum atomic E-state index is -0.0522. The molecule has 2 fully saturated rings. The van der Waals surface area contributed by atoms with E-state index < -0.39 is 0 Å². The van der Waals surface area contributed by atoms with Gasteiger partial charge in [-0.25, -0.2) is 4.79 Å². The second kappa shape index (κ2) is 6.81. The van der Waals surface area contributed by atoms with Crippen LogP contribution in [0.5, 0.6) is 0 Å². The van der Waals surface area contributed by atoms with E-state index in [0.29, 0.717) is 25.3 Å². The Morgan fingerprint density at radius 1 is 1.24 bits per heavy atom. The lowest BCUT2D eigenvalue weighted by Crippen LogP contribution is -2.46. The van der Waals surface area contributed by atoms with Crippen molar-refractivity contribution in [3.63, 3.8) is 0 Å². The lowest BCUT2D eigenvalue weighted by Gasteiger charge is -2.26. The smallest absolute Gasteiger partial charge is 0.315 e. The van der Waals surface area contributed by atoms with E-state index in [1.54, 1.807) is 0 Å². The number of piperidine rings is 1. The third kappa shape index (κ3) is 4.52. The Kier molecular flexibility index (Phi) is 5.07. The number of carbonyl (C=O) groups is 1. The fourth-order valence-corrected chi connectivity index (χ4v) is 2.14. The largest absolute Gasteiger partial charge is 0.376 e. The van der Waals surface area contributed by atoms with Crippen LogP contribution in [0, 0.1) is 0 Å². The molecule has 98 valence electrons. The third-order valence-electron chi connectivity index (χ3n) is 3.47. The lowest BCUT2D eigenvalue weighted by molar-refractivity contribution is 0.0356. The molecule has 0 spiro atoms. The van der Waals surface area contributed by atoms with Gasteiger partial charge in [-0.15, -0.1) is 0 Å². The van der Waals surface area contributed by atoms with Crippen molar-refractivity contribution < 1.29 is 9.53 Å². The SMILES string of the molecule is O=C(NCCOC1CCNCC1)NC1CCC1. The van der Waals surface area contributed by atoms with Gasteiger partial charge in [0.15, 0.2) is 0 Å². The maximum Gasteiger partial charge on any atom is 0.315 e. The number of hydrogen-bond donors (Lipinski definition) is 3. The minimum Gasteiger partial charge on any atom is -0.376 e. The minimum absolute atomic E-state index is 0.0522. The zero-order chi connectivity index (χ0) is 11.9. The highest BCUT2D eigenvalue weighted by Gasteiger charge is 2.19. The molecular formula is C12H23N3O2. The predicted molar refractivity (Wildman–Crippen MR) is 66.0 cm³/mol. The number of urea groups is 1. The van der Waals surface area contributed by atoms with Gasteiger partial charge >= 0.3 is 6.03 Å². The quantitative estimate of drug-likeness (QED) is 0.618. The van der Waals surface area contributed by atoms with Gasteiger partial charge < -0.3 is 20.7 Å². The van der Waals surface area contributed by atoms with Crippen molar-refractivity contribution in [2.75, 3.05) is 26.2 Å². The molecule has 1 aliphatic carbocycles. The Labute approximate surface area is 103 Å². The molecule has 0 aromatic carbocycles. The second-order valence-electron chi connectivity index (χ2n) is 4.85. The Hall–Kier alpha value is -0.810. The molecule has 1 saturated heterocycles. The highest BCUT2D eigenvalue weighted by Crippen LogP contribution is 2.17. The summed E-state index contributed by atoms with van der Waals surface area (Å²) in [7, 11) is 0. The van der Waals surface area contributed by atoms with E-state index in [-0.39, 0.29) is 6.03 Å². The molecule has 2 rings (SSSR count). The average molecular weight is 241 g/mol. The molecule has 0 radical (unpaired) electrons. The molecule has 0 atom stereocenters. The second-order valence-corrected chi connectivity index (χ2v) is 4.85. The van der Waals surface area contributed by atoms with Gasteiger partial charge in [0, 0.05) is 12.6 Å². The fraction of sp³-hybridized carbons (Fsp3) is 0.917. The first kappa shape index (κ1) is 12.6. The fourth-order valence-electron chi connectivity index (χ4n) is 2.14. The van der Waals surface area contributed by atoms with E-state index in [2.05, 4.69) is 16.0 Å². The summed E-state index contributed by atoms with van der Waals surface area (Å²) < 4.78 is 5.70. The van der Waals surface area contributed by atoms with E-state index >= 15 is 0 Å². The summed E-state index contributed by atoms with van der Waals surface area (Å²) in [6.07, 6.45) is 6.01. The van der Waals surface area contributed by atoms with Crippen LogP contribution in [0.15, 0.2) is 0 Å². The van der Waals surface area contributed by atoms with Crippen LogP contribution < -0.4 is 16.0 Å². The van der Waals surface area contributed by atoms with Gasteiger partial charge in [-0.05, 0) is 45.2 Å². The van der Waals surface area contributed by atoms with Crippen LogP contribution >= 0.6 is 0 Å². The van der Waals surface area contributed by atoms with Crippen LogP contribution in [-0.4, -0.2) is 44.4 Å². The Balaban J connectivity index is 1.45. The van der Waals surface area contributed by atoms with Crippen LogP contribution in [0.3, 0.4) is 0 Å². The number of carbonyl (C=O) groups excluding carboxylic acids is 1. The van der Waals surface area contributed by atoms with Crippen LogP contribution in [0.25, 0.3) is 0 Å². The summed E-state index contributed by atoms with van der Waals surface area (Å²) in [5, 5.41) is 9.07. The molecule has 0 unspecified atom stereocenters. The van der Waals surface area contributed by atoms with Crippen molar-refractivity contribution in [2.24, 2.45) is 0 Å². The summed E-state index contributed by atoms with van der Waals surface area (Å²) in [5.74, 6) is 0. The molecule has 0 bridgehead atoms. The van der Waals surface area contributed by atoms with E-state index in [1.807, 2.05) is 0 Å². The zero-order valence-corrected chi connectivity index (χ0v) is 10.3. The Morgan fingerprint density at radius 3 is 2.65 bits per heavy atom. The summed E-state index contributed by atoms with van der Waals surface area (Å²) in [6, 6.07) is 0.351. The van der Waals surface area contributed by atoms with Gasteiger partial charge in [0.25, 0.3) is 0 Å². The molecule has 2 amide bonds. The zero-order valence-electron chi connectivity index (χ0n) is 10.3. The van der Waals surface area contributed by atoms with E-state index in [9.17, 15) is 4.79 Å². The molecular weight excluding hydrogens is 218 g/mol. The molecule has 1 heterocycles. The van der Waals surface area contributed by atoms with Crippen LogP contribution in [-0.2, 0) is 4.74 Å². The van der Waals surface area contributed by atoms with Crippen molar-refractivity contribution in [3.8, 4) is 0 Å². The number of nitrogens with one attached hydrogen (secondary N) is 3. The Bertz CT molecular complexity index is 238. The summed E-state index contributed by atoms with van der Waals surface area (Å²) in [5.41, 5.74) is 0. The molecule has 5 nitrogen and oxygen atoms in total. The number of amides is 2. The lowest BCUT2D eigenvalue weighted by atomic mass is 9.93. The van der Waals surface area contributed by atoms with Crippen molar-refractivity contribution in [1.29, 1.82) is 0 Å². The Morgan fingerprint density at radius 2 is 2.00 bits per heavy atom. The van der Waals surface area contributed by atoms with Crippen LogP contribution in [0.2, 0.25) is 0 Å². The van der Waals surface area contributed by atoms with Crippen molar-refractivity contribution in [3.05, 3.63) is 0 Å². The maximum atomic E-state index is 11.4. The summed E-state index contributed by atoms with van der Waals surface area (Å²) in [4.78, 5) is 11.4. The van der Waals surface area contributed by atoms with Gasteiger partial charge in [0.1, 0.15) is 0 Å². The maximum absolute atomic E-state index is 11.4. The molecule has 1 saturated carbocycles. The van der Waals surface area contributed by atoms with Gasteiger partial charge in [0.2, 0.25) is 0 Å². The van der Waals surface area contributed by atoms with Crippen LogP contribution in [0.4, 0.5) is 4.79 Å². The van der Waals surface area contributed by atoms with Gasteiger partial charge in [-0.1, -0.05) is 0 Å². The van der Waals surface area contributed by atoms with E-state index in [4.69, 9.17) is 4.74 Å². The molecule has 5 heteroatoms. The van der Waals surface area contributed by atoms with Gasteiger partial charge in [-0.2, -0.15) is 0 Å². The molecule has 0 aromatic heterocycles. The van der Waals surface area contributed by atoms with E-state index in [1.165, 1.54) is 6.42 Å². The average Bonchev–Trinajstić information content (AvgIpc) is 2.31. The highest BCUT2D eigenvalue weighted by molar-refractivity contribution is 5.74. The topological polar surface area (TPSA) is 62.4 Å². The monoisotopic (exact) mass is 241 g/mol. The van der Waals surface area contributed by atoms with Crippen molar-refractivity contribution >= 4 is 6.03 Å². The standard InChI is InChI=1S/C12H23N3O2/c16-12(15-10-2-1-3-10)14-8-9-17-11-4-6-13-7-5-11/h10-11,13H,1-9H2,(H2,14,15,16). The summed E-state index contributed by atoms with van der Waals surface area (Å²) in [6.45, 7) is 3.30. The predicted octanol–water partition coefficient (Wildman–Crippen LogP) is 0.607. The highest BCUT2D eigenvalue weighted by atomic mass is 16.5. The molecule has 3 N–H and O–H groups in total. The van der Waals surface area contributed by atoms with Crippen LogP contribution in [0.1, 0.15) is 32.1 Å². The summed E-state index contributed by atoms with van der Waals surface area (Å²) >= 11 is 0. The first-order chi connectivity index (χ1) is 8.34. The van der Waals surface area contributed by atoms with Gasteiger partial charge in [-0.3, -0.25) is 0 Å². The third-order valence-corrected chi connectivity index (χ3v) is 3.47. The first-order valence-corrected chi connectivity index (χ1v) is 6.71. The molecule has 0 aromatic rings. The van der Waals surface area contributed by atoms with Crippen molar-refractivity contribution in [2.45, 2.75) is 44.2 Å². The van der Waals surface area contributed by atoms with Gasteiger partial charge in [0.05, 0.1) is 12.7 Å².